The molecule has 0 radical (unpaired) electrons. The van der Waals surface area contributed by atoms with Crippen molar-refractivity contribution in [2.45, 2.75) is 0 Å². The molecule has 1 heterocycles. The molecule has 11 heavy (non-hydrogen) atoms. The van der Waals surface area contributed by atoms with Crippen LogP contribution in [0.3, 0.4) is 0 Å². The first-order valence-corrected chi connectivity index (χ1v) is 1.85. The van der Waals surface area contributed by atoms with E-state index in [1.165, 1.54) is 0 Å². The molecule has 0 fully saturated rings. The van der Waals surface area contributed by atoms with Gasteiger partial charge in [0.15, 0.2) is 0 Å². The second-order valence-corrected chi connectivity index (χ2v) is 1.02. The van der Waals surface area contributed by atoms with Crippen LogP contribution in [0, 0.1) is 0 Å². The summed E-state index contributed by atoms with van der Waals surface area (Å²) in [6, 6.07) is 5.72. The fourth-order valence-corrected chi connectivity index (χ4v) is 0.313. The molecule has 0 aromatic carbocycles. The molecule has 4 nitrogen and oxygen atoms in total. The first-order chi connectivity index (χ1) is 3.00. The zero-order chi connectivity index (χ0) is 4.24. The third-order valence-corrected chi connectivity index (χ3v) is 0.566. The van der Waals surface area contributed by atoms with E-state index >= 15 is 0 Å². The number of hydrogen-bond donors (Lipinski definition) is 0. The van der Waals surface area contributed by atoms with Crippen molar-refractivity contribution >= 4 is 0 Å². The third-order valence-electron chi connectivity index (χ3n) is 0.566. The topological polar surface area (TPSA) is 106 Å². The van der Waals surface area contributed by atoms with Crippen LogP contribution in [-0.4, -0.2) is 21.4 Å². The van der Waals surface area contributed by atoms with Crippen molar-refractivity contribution in [3.05, 3.63) is 30.6 Å². The number of halogens is 1. The predicted octanol–water partition coefficient (Wildman–Crippen LogP) is -0.595. The van der Waals surface area contributed by atoms with Crippen LogP contribution in [-0.2, 0) is 17.4 Å². The smallest absolute Gasteiger partial charge is 0.0267 e. The fourth-order valence-electron chi connectivity index (χ4n) is 0.313. The first-order valence-electron chi connectivity index (χ1n) is 1.85. The largest absolute Gasteiger partial charge is 0.870 e. The molecule has 0 aliphatic heterocycles. The Morgan fingerprint density at radius 1 is 0.818 bits per heavy atom. The Hall–Kier alpha value is -0.508. The predicted molar refractivity (Wildman–Crippen MR) is 35.9 cm³/mol. The average Bonchev–Trinajstić information content (AvgIpc) is 1.72. The van der Waals surface area contributed by atoms with Gasteiger partial charge in [-0.05, 0) is 12.1 Å². The van der Waals surface area contributed by atoms with Gasteiger partial charge in [0, 0.05) is 29.8 Å². The summed E-state index contributed by atoms with van der Waals surface area (Å²) in [5.41, 5.74) is 0. The fraction of sp³-hybridized carbons (Fsp3) is 0. The normalized spacial score (nSPS) is 4.36. The maximum atomic E-state index is 3.78. The second kappa shape index (κ2) is 22.7. The van der Waals surface area contributed by atoms with Crippen molar-refractivity contribution in [2.75, 3.05) is 0 Å². The molecule has 68 valence electrons. The quantitative estimate of drug-likeness (QED) is 0.562. The van der Waals surface area contributed by atoms with Crippen LogP contribution in [0.25, 0.3) is 0 Å². The zero-order valence-electron chi connectivity index (χ0n) is 5.60. The van der Waals surface area contributed by atoms with Crippen molar-refractivity contribution in [1.82, 2.24) is 4.98 Å². The second-order valence-electron chi connectivity index (χ2n) is 1.02. The minimum absolute atomic E-state index is 0. The Morgan fingerprint density at radius 2 is 1.18 bits per heavy atom. The standard InChI is InChI=1S/C5H5N.Cr.FH.3H2O/c1-2-4-6-5-3-1;;;;;/h1-5H;;1H;3*1H2/p-1. The van der Waals surface area contributed by atoms with E-state index in [-0.39, 0.29) is 38.5 Å². The molecule has 0 saturated heterocycles. The Balaban J connectivity index is -0.0000000240. The van der Waals surface area contributed by atoms with Gasteiger partial charge in [-0.1, -0.05) is 6.07 Å². The summed E-state index contributed by atoms with van der Waals surface area (Å²) < 4.78 is 0. The molecule has 0 saturated carbocycles. The Labute approximate surface area is 74.7 Å². The molecule has 1 aromatic rings. The van der Waals surface area contributed by atoms with E-state index in [2.05, 4.69) is 4.98 Å². The summed E-state index contributed by atoms with van der Waals surface area (Å²) in [4.78, 5) is 3.78. The van der Waals surface area contributed by atoms with Crippen molar-refractivity contribution < 1.29 is 38.5 Å². The summed E-state index contributed by atoms with van der Waals surface area (Å²) in [7, 11) is 0. The Bertz CT molecular complexity index is 93.7. The van der Waals surface area contributed by atoms with Crippen LogP contribution in [0.1, 0.15) is 0 Å². The summed E-state index contributed by atoms with van der Waals surface area (Å²) in [6.07, 6.45) is 3.50. The van der Waals surface area contributed by atoms with Gasteiger partial charge in [0.05, 0.1) is 0 Å². The van der Waals surface area contributed by atoms with Gasteiger partial charge < -0.3 is 16.4 Å². The van der Waals surface area contributed by atoms with Gasteiger partial charge in [-0.15, -0.1) is 0 Å². The molecular formula is C5H11CrFNO3-. The molecule has 0 atom stereocenters. The number of nitrogens with zero attached hydrogens (tertiary/aromatic N) is 1. The Morgan fingerprint density at radius 3 is 1.27 bits per heavy atom. The maximum absolute atomic E-state index is 3.78. The Kier molecular flexibility index (Phi) is 64.7. The number of hydrogen-bond acceptors (Lipinski definition) is 2. The molecule has 0 aliphatic rings. The van der Waals surface area contributed by atoms with Crippen molar-refractivity contribution in [1.29, 1.82) is 0 Å². The summed E-state index contributed by atoms with van der Waals surface area (Å²) >= 11 is 0. The zero-order valence-corrected chi connectivity index (χ0v) is 6.87. The number of aromatic nitrogens is 1. The van der Waals surface area contributed by atoms with Gasteiger partial charge in [-0.25, -0.2) is 0 Å². The summed E-state index contributed by atoms with van der Waals surface area (Å²) in [5, 5.41) is 0. The van der Waals surface area contributed by atoms with Crippen molar-refractivity contribution in [3.63, 3.8) is 0 Å². The van der Waals surface area contributed by atoms with E-state index < -0.39 is 0 Å². The van der Waals surface area contributed by atoms with Gasteiger partial charge in [0.2, 0.25) is 0 Å². The molecule has 0 amide bonds. The molecule has 1 rings (SSSR count). The van der Waals surface area contributed by atoms with E-state index in [9.17, 15) is 0 Å². The number of pyridine rings is 1. The van der Waals surface area contributed by atoms with E-state index in [1.54, 1.807) is 12.4 Å². The molecule has 0 spiro atoms. The van der Waals surface area contributed by atoms with Crippen LogP contribution < -0.4 is 0 Å². The summed E-state index contributed by atoms with van der Waals surface area (Å²) in [5.74, 6) is 0. The molecule has 0 bridgehead atoms. The third kappa shape index (κ3) is 17.7. The minimum Gasteiger partial charge on any atom is -0.870 e. The average molecular weight is 204 g/mol. The molecule has 0 unspecified atom stereocenters. The van der Waals surface area contributed by atoms with Crippen molar-refractivity contribution in [2.24, 2.45) is 0 Å². The maximum Gasteiger partial charge on any atom is 0.0267 e. The van der Waals surface area contributed by atoms with Crippen LogP contribution in [0.15, 0.2) is 30.6 Å². The molecular weight excluding hydrogens is 193 g/mol. The van der Waals surface area contributed by atoms with Gasteiger partial charge in [-0.3, -0.25) is 9.69 Å². The van der Waals surface area contributed by atoms with E-state index in [0.29, 0.717) is 0 Å². The molecule has 5 N–H and O–H groups in total. The number of rotatable bonds is 0. The first kappa shape index (κ1) is 31.3. The monoisotopic (exact) mass is 204 g/mol. The van der Waals surface area contributed by atoms with Gasteiger partial charge in [-0.2, -0.15) is 0 Å². The molecule has 6 heteroatoms. The summed E-state index contributed by atoms with van der Waals surface area (Å²) in [6.45, 7) is 0. The van der Waals surface area contributed by atoms with Crippen LogP contribution in [0.5, 0.6) is 0 Å². The minimum atomic E-state index is 0. The SMILES string of the molecule is F.O.O.[Cr].[OH-].c1ccncc1. The van der Waals surface area contributed by atoms with E-state index in [1.807, 2.05) is 18.2 Å². The van der Waals surface area contributed by atoms with Gasteiger partial charge in [0.25, 0.3) is 0 Å². The van der Waals surface area contributed by atoms with Crippen LogP contribution in [0.4, 0.5) is 4.70 Å². The van der Waals surface area contributed by atoms with Crippen LogP contribution >= 0.6 is 0 Å². The molecule has 1 aromatic heterocycles. The van der Waals surface area contributed by atoms with Crippen molar-refractivity contribution in [3.8, 4) is 0 Å². The van der Waals surface area contributed by atoms with Gasteiger partial charge in [0.1, 0.15) is 0 Å². The van der Waals surface area contributed by atoms with Crippen LogP contribution in [0.2, 0.25) is 0 Å². The molecule has 0 aliphatic carbocycles. The van der Waals surface area contributed by atoms with E-state index in [4.69, 9.17) is 0 Å². The van der Waals surface area contributed by atoms with E-state index in [0.717, 1.165) is 0 Å². The van der Waals surface area contributed by atoms with Gasteiger partial charge >= 0.3 is 0 Å².